The van der Waals surface area contributed by atoms with Crippen LogP contribution in [-0.4, -0.2) is 28.7 Å². The Morgan fingerprint density at radius 1 is 0.935 bits per heavy atom. The molecule has 0 heterocycles. The van der Waals surface area contributed by atoms with Crippen LogP contribution in [0.3, 0.4) is 0 Å². The van der Waals surface area contributed by atoms with Crippen LogP contribution in [0.15, 0.2) is 60.7 Å². The zero-order valence-corrected chi connectivity index (χ0v) is 19.6. The second kappa shape index (κ2) is 12.9. The van der Waals surface area contributed by atoms with E-state index in [4.69, 9.17) is 14.2 Å². The quantitative estimate of drug-likeness (QED) is 0.206. The molecule has 0 aromatic heterocycles. The Morgan fingerprint density at radius 3 is 2.13 bits per heavy atom. The van der Waals surface area contributed by atoms with Gasteiger partial charge in [0.25, 0.3) is 0 Å². The Bertz CT molecular complexity index is 846. The second-order valence-electron chi connectivity index (χ2n) is 6.87. The van der Waals surface area contributed by atoms with Crippen molar-refractivity contribution in [2.45, 2.75) is 39.0 Å². The van der Waals surface area contributed by atoms with Gasteiger partial charge in [0.1, 0.15) is 17.3 Å². The van der Waals surface area contributed by atoms with Crippen molar-refractivity contribution < 1.29 is 28.6 Å². The summed E-state index contributed by atoms with van der Waals surface area (Å²) in [4.78, 5) is 37.7. The molecule has 0 aliphatic carbocycles. The van der Waals surface area contributed by atoms with Gasteiger partial charge in [0.15, 0.2) is 0 Å². The van der Waals surface area contributed by atoms with Crippen molar-refractivity contribution in [2.24, 2.45) is 5.92 Å². The molecule has 0 bridgehead atoms. The van der Waals surface area contributed by atoms with E-state index >= 15 is 0 Å². The van der Waals surface area contributed by atoms with E-state index in [1.54, 1.807) is 30.3 Å². The Balaban J connectivity index is 2.09. The molecule has 31 heavy (non-hydrogen) atoms. The minimum Gasteiger partial charge on any atom is -0.452 e. The summed E-state index contributed by atoms with van der Waals surface area (Å²) in [5.41, 5.74) is 1.31. The lowest BCUT2D eigenvalue weighted by atomic mass is 9.99. The fourth-order valence-corrected chi connectivity index (χ4v) is 3.07. The van der Waals surface area contributed by atoms with Crippen LogP contribution in [0.4, 0.5) is 4.79 Å². The van der Waals surface area contributed by atoms with Gasteiger partial charge < -0.3 is 19.5 Å². The van der Waals surface area contributed by atoms with Crippen molar-refractivity contribution >= 4 is 40.6 Å². The Hall–Kier alpha value is -2.62. The van der Waals surface area contributed by atoms with Crippen molar-refractivity contribution in [2.75, 3.05) is 4.61 Å². The number of alkyl carbamates (subject to hydrolysis) is 1. The normalized spacial score (nSPS) is 13.4. The van der Waals surface area contributed by atoms with E-state index in [1.165, 1.54) is 0 Å². The number of amides is 1. The highest BCUT2D eigenvalue weighted by atomic mass is 127. The molecule has 1 unspecified atom stereocenters. The standard InChI is InChI=1S/C23H26INO6/c1-3-16(2)19(25-23(28)29-14-17-10-6-4-7-11-17)21(26)31-20(22(27)30-15-24)18-12-8-5-9-13-18/h4-13,16,19-20H,3,14-15H2,1-2H3,(H,25,28)/t16-,19-,20?/m0/s1. The SMILES string of the molecule is CC[C@H](C)[C@H](NC(=O)OCc1ccccc1)C(=O)OC(C(=O)OCI)c1ccccc1. The van der Waals surface area contributed by atoms with Crippen LogP contribution in [0.1, 0.15) is 37.5 Å². The molecule has 8 heteroatoms. The lowest BCUT2D eigenvalue weighted by Crippen LogP contribution is -2.46. The number of ether oxygens (including phenoxy) is 3. The predicted molar refractivity (Wildman–Crippen MR) is 123 cm³/mol. The maximum atomic E-state index is 12.9. The third-order valence-electron chi connectivity index (χ3n) is 4.70. The maximum absolute atomic E-state index is 12.9. The highest BCUT2D eigenvalue weighted by Crippen LogP contribution is 2.22. The summed E-state index contributed by atoms with van der Waals surface area (Å²) in [6.45, 7) is 3.77. The minimum atomic E-state index is -1.22. The number of hydrogen-bond acceptors (Lipinski definition) is 6. The number of nitrogens with one attached hydrogen (secondary N) is 1. The van der Waals surface area contributed by atoms with Gasteiger partial charge in [-0.05, 0) is 34.1 Å². The smallest absolute Gasteiger partial charge is 0.408 e. The molecule has 2 aromatic rings. The first-order chi connectivity index (χ1) is 15.0. The van der Waals surface area contributed by atoms with Gasteiger partial charge in [-0.25, -0.2) is 14.4 Å². The van der Waals surface area contributed by atoms with Crippen molar-refractivity contribution in [1.29, 1.82) is 0 Å². The third-order valence-corrected chi connectivity index (χ3v) is 5.01. The van der Waals surface area contributed by atoms with Crippen molar-refractivity contribution in [3.05, 3.63) is 71.8 Å². The van der Waals surface area contributed by atoms with E-state index in [-0.39, 0.29) is 17.1 Å². The summed E-state index contributed by atoms with van der Waals surface area (Å²) < 4.78 is 15.9. The van der Waals surface area contributed by atoms with E-state index in [2.05, 4.69) is 5.32 Å². The van der Waals surface area contributed by atoms with Crippen LogP contribution < -0.4 is 5.32 Å². The molecule has 0 saturated heterocycles. The Labute approximate surface area is 195 Å². The zero-order valence-electron chi connectivity index (χ0n) is 17.5. The van der Waals surface area contributed by atoms with Crippen molar-refractivity contribution in [3.63, 3.8) is 0 Å². The monoisotopic (exact) mass is 539 g/mol. The van der Waals surface area contributed by atoms with E-state index in [1.807, 2.05) is 66.8 Å². The fraction of sp³-hybridized carbons (Fsp3) is 0.348. The largest absolute Gasteiger partial charge is 0.452 e. The average molecular weight is 539 g/mol. The molecule has 0 aliphatic rings. The Morgan fingerprint density at radius 2 is 1.55 bits per heavy atom. The first kappa shape index (κ1) is 24.6. The van der Waals surface area contributed by atoms with Gasteiger partial charge in [-0.1, -0.05) is 80.9 Å². The van der Waals surface area contributed by atoms with E-state index in [9.17, 15) is 14.4 Å². The molecular weight excluding hydrogens is 513 g/mol. The fourth-order valence-electron chi connectivity index (χ4n) is 2.76. The summed E-state index contributed by atoms with van der Waals surface area (Å²) in [5, 5.41) is 2.58. The topological polar surface area (TPSA) is 90.9 Å². The van der Waals surface area contributed by atoms with Gasteiger partial charge in [-0.15, -0.1) is 0 Å². The van der Waals surface area contributed by atoms with E-state index in [0.717, 1.165) is 5.56 Å². The molecule has 0 aliphatic heterocycles. The lowest BCUT2D eigenvalue weighted by molar-refractivity contribution is -0.169. The van der Waals surface area contributed by atoms with Crippen LogP contribution in [0, 0.1) is 5.92 Å². The van der Waals surface area contributed by atoms with Gasteiger partial charge >= 0.3 is 18.0 Å². The molecule has 1 amide bonds. The van der Waals surface area contributed by atoms with E-state index < -0.39 is 30.2 Å². The van der Waals surface area contributed by atoms with Gasteiger partial charge in [-0.2, -0.15) is 0 Å². The maximum Gasteiger partial charge on any atom is 0.408 e. The molecule has 0 saturated carbocycles. The first-order valence-electron chi connectivity index (χ1n) is 9.91. The number of halogens is 1. The molecule has 0 spiro atoms. The number of rotatable bonds is 10. The molecule has 0 fully saturated rings. The van der Waals surface area contributed by atoms with Gasteiger partial charge in [0.2, 0.25) is 6.10 Å². The molecule has 2 rings (SSSR count). The number of alkyl halides is 1. The number of hydrogen-bond donors (Lipinski definition) is 1. The number of carbonyl (C=O) groups excluding carboxylic acids is 3. The van der Waals surface area contributed by atoms with Crippen LogP contribution in [-0.2, 0) is 30.4 Å². The number of esters is 2. The second-order valence-corrected chi connectivity index (χ2v) is 7.49. The zero-order chi connectivity index (χ0) is 22.6. The molecule has 2 aromatic carbocycles. The highest BCUT2D eigenvalue weighted by molar-refractivity contribution is 14.1. The molecular formula is C23H26INO6. The minimum absolute atomic E-state index is 0.0730. The number of carbonyl (C=O) groups is 3. The van der Waals surface area contributed by atoms with Crippen molar-refractivity contribution in [3.8, 4) is 0 Å². The molecule has 1 N–H and O–H groups in total. The highest BCUT2D eigenvalue weighted by Gasteiger charge is 2.33. The Kier molecular flexibility index (Phi) is 10.3. The summed E-state index contributed by atoms with van der Waals surface area (Å²) in [6, 6.07) is 16.8. The molecule has 0 radical (unpaired) electrons. The van der Waals surface area contributed by atoms with Crippen LogP contribution in [0.2, 0.25) is 0 Å². The summed E-state index contributed by atoms with van der Waals surface area (Å²) in [5.74, 6) is -1.65. The first-order valence-corrected chi connectivity index (χ1v) is 11.4. The molecule has 7 nitrogen and oxygen atoms in total. The van der Waals surface area contributed by atoms with Crippen molar-refractivity contribution in [1.82, 2.24) is 5.32 Å². The van der Waals surface area contributed by atoms with Crippen LogP contribution in [0.25, 0.3) is 0 Å². The average Bonchev–Trinajstić information content (AvgIpc) is 2.80. The predicted octanol–water partition coefficient (Wildman–Crippen LogP) is 4.55. The van der Waals surface area contributed by atoms with Gasteiger partial charge in [0.05, 0.1) is 0 Å². The van der Waals surface area contributed by atoms with Gasteiger partial charge in [-0.3, -0.25) is 0 Å². The molecule has 3 atom stereocenters. The van der Waals surface area contributed by atoms with Gasteiger partial charge in [0, 0.05) is 5.56 Å². The molecule has 166 valence electrons. The third kappa shape index (κ3) is 7.86. The number of benzene rings is 2. The van der Waals surface area contributed by atoms with Crippen LogP contribution >= 0.6 is 22.6 Å². The summed E-state index contributed by atoms with van der Waals surface area (Å²) in [6.07, 6.45) is -1.36. The van der Waals surface area contributed by atoms with E-state index in [0.29, 0.717) is 12.0 Å². The lowest BCUT2D eigenvalue weighted by Gasteiger charge is -2.25. The summed E-state index contributed by atoms with van der Waals surface area (Å²) >= 11 is 1.89. The van der Waals surface area contributed by atoms with Crippen LogP contribution in [0.5, 0.6) is 0 Å². The summed E-state index contributed by atoms with van der Waals surface area (Å²) in [7, 11) is 0.